The second-order valence-corrected chi connectivity index (χ2v) is 5.06. The third-order valence-electron chi connectivity index (χ3n) is 3.51. The summed E-state index contributed by atoms with van der Waals surface area (Å²) in [5, 5.41) is 11.4. The van der Waals surface area contributed by atoms with E-state index in [0.717, 1.165) is 30.8 Å². The first-order chi connectivity index (χ1) is 9.74. The van der Waals surface area contributed by atoms with Crippen LogP contribution in [-0.4, -0.2) is 31.0 Å². The monoisotopic (exact) mass is 293 g/mol. The fourth-order valence-electron chi connectivity index (χ4n) is 2.52. The zero-order chi connectivity index (χ0) is 14.1. The highest BCUT2D eigenvalue weighted by Crippen LogP contribution is 2.39. The molecule has 106 valence electrons. The predicted molar refractivity (Wildman–Crippen MR) is 77.5 cm³/mol. The largest absolute Gasteiger partial charge is 0.493 e. The summed E-state index contributed by atoms with van der Waals surface area (Å²) in [7, 11) is 3.17. The number of nitrogens with zero attached hydrogens (tertiary/aromatic N) is 1. The van der Waals surface area contributed by atoms with Crippen LogP contribution in [0.3, 0.4) is 0 Å². The van der Waals surface area contributed by atoms with Gasteiger partial charge in [-0.1, -0.05) is 11.6 Å². The lowest BCUT2D eigenvalue weighted by Crippen LogP contribution is -2.23. The number of aromatic nitrogens is 2. The van der Waals surface area contributed by atoms with Crippen molar-refractivity contribution < 1.29 is 9.47 Å². The molecule has 0 unspecified atom stereocenters. The highest BCUT2D eigenvalue weighted by atomic mass is 35.5. The predicted octanol–water partition coefficient (Wildman–Crippen LogP) is 2.39. The Hall–Kier alpha value is -1.72. The van der Waals surface area contributed by atoms with Gasteiger partial charge in [-0.05, 0) is 12.1 Å². The van der Waals surface area contributed by atoms with Gasteiger partial charge >= 0.3 is 0 Å². The first kappa shape index (κ1) is 13.3. The third kappa shape index (κ3) is 2.13. The number of hydrogen-bond donors (Lipinski definition) is 2. The molecule has 0 spiro atoms. The fourth-order valence-corrected chi connectivity index (χ4v) is 2.81. The Labute approximate surface area is 122 Å². The molecule has 0 fully saturated rings. The summed E-state index contributed by atoms with van der Waals surface area (Å²) >= 11 is 6.25. The number of benzene rings is 1. The molecule has 1 aliphatic rings. The van der Waals surface area contributed by atoms with Gasteiger partial charge in [0, 0.05) is 36.3 Å². The van der Waals surface area contributed by atoms with Gasteiger partial charge in [-0.2, -0.15) is 5.10 Å². The molecule has 2 aromatic rings. The van der Waals surface area contributed by atoms with Crippen LogP contribution < -0.4 is 14.8 Å². The second-order valence-electron chi connectivity index (χ2n) is 4.65. The quantitative estimate of drug-likeness (QED) is 0.912. The zero-order valence-corrected chi connectivity index (χ0v) is 12.2. The van der Waals surface area contributed by atoms with Crippen LogP contribution in [0.2, 0.25) is 5.02 Å². The molecule has 2 heterocycles. The molecular formula is C14H16ClN3O2. The van der Waals surface area contributed by atoms with E-state index in [1.165, 1.54) is 11.3 Å². The summed E-state index contributed by atoms with van der Waals surface area (Å²) in [4.78, 5) is 0. The van der Waals surface area contributed by atoms with Crippen molar-refractivity contribution in [2.24, 2.45) is 0 Å². The molecule has 3 rings (SSSR count). The number of fused-ring (bicyclic) bond motifs is 1. The average Bonchev–Trinajstić information content (AvgIpc) is 2.90. The van der Waals surface area contributed by atoms with Crippen molar-refractivity contribution in [3.63, 3.8) is 0 Å². The summed E-state index contributed by atoms with van der Waals surface area (Å²) in [5.74, 6) is 1.15. The van der Waals surface area contributed by atoms with Crippen molar-refractivity contribution in [3.8, 4) is 22.8 Å². The van der Waals surface area contributed by atoms with Crippen LogP contribution in [0.15, 0.2) is 12.1 Å². The van der Waals surface area contributed by atoms with Crippen LogP contribution in [0.1, 0.15) is 11.3 Å². The maximum absolute atomic E-state index is 6.25. The normalized spacial score (nSPS) is 13.9. The number of rotatable bonds is 3. The molecule has 0 saturated carbocycles. The van der Waals surface area contributed by atoms with Gasteiger partial charge in [0.1, 0.15) is 0 Å². The Bertz CT molecular complexity index is 640. The molecule has 1 aromatic heterocycles. The first-order valence-corrected chi connectivity index (χ1v) is 6.81. The van der Waals surface area contributed by atoms with Gasteiger partial charge in [0.15, 0.2) is 11.5 Å². The molecule has 1 aromatic carbocycles. The third-order valence-corrected chi connectivity index (χ3v) is 3.79. The van der Waals surface area contributed by atoms with Crippen molar-refractivity contribution in [2.45, 2.75) is 13.0 Å². The molecule has 0 aliphatic carbocycles. The van der Waals surface area contributed by atoms with Gasteiger partial charge in [0.05, 0.1) is 24.9 Å². The zero-order valence-electron chi connectivity index (χ0n) is 11.4. The van der Waals surface area contributed by atoms with Crippen LogP contribution in [0.4, 0.5) is 0 Å². The summed E-state index contributed by atoms with van der Waals surface area (Å²) in [6.07, 6.45) is 0.962. The number of ether oxygens (including phenoxy) is 2. The van der Waals surface area contributed by atoms with E-state index >= 15 is 0 Å². The van der Waals surface area contributed by atoms with Gasteiger partial charge < -0.3 is 14.8 Å². The molecule has 0 atom stereocenters. The van der Waals surface area contributed by atoms with Crippen LogP contribution in [0.25, 0.3) is 11.3 Å². The Kier molecular flexibility index (Phi) is 3.54. The van der Waals surface area contributed by atoms with E-state index in [2.05, 4.69) is 15.5 Å². The van der Waals surface area contributed by atoms with Crippen molar-refractivity contribution in [3.05, 3.63) is 28.4 Å². The van der Waals surface area contributed by atoms with Gasteiger partial charge in [-0.3, -0.25) is 5.10 Å². The maximum Gasteiger partial charge on any atom is 0.179 e. The van der Waals surface area contributed by atoms with Crippen LogP contribution in [0, 0.1) is 0 Å². The molecule has 0 saturated heterocycles. The van der Waals surface area contributed by atoms with E-state index in [1.807, 2.05) is 12.1 Å². The number of hydrogen-bond acceptors (Lipinski definition) is 4. The highest BCUT2D eigenvalue weighted by Gasteiger charge is 2.20. The molecule has 0 radical (unpaired) electrons. The number of methoxy groups -OCH3 is 2. The smallest absolute Gasteiger partial charge is 0.179 e. The lowest BCUT2D eigenvalue weighted by atomic mass is 10.0. The average molecular weight is 294 g/mol. The SMILES string of the molecule is COc1cc(-c2n[nH]c3c2CNCC3)cc(Cl)c1OC. The highest BCUT2D eigenvalue weighted by molar-refractivity contribution is 6.32. The molecule has 1 aliphatic heterocycles. The topological polar surface area (TPSA) is 59.2 Å². The Morgan fingerprint density at radius 1 is 1.25 bits per heavy atom. The lowest BCUT2D eigenvalue weighted by Gasteiger charge is -2.14. The van der Waals surface area contributed by atoms with Crippen molar-refractivity contribution in [2.75, 3.05) is 20.8 Å². The van der Waals surface area contributed by atoms with Gasteiger partial charge in [0.2, 0.25) is 0 Å². The van der Waals surface area contributed by atoms with E-state index in [4.69, 9.17) is 21.1 Å². The minimum Gasteiger partial charge on any atom is -0.493 e. The van der Waals surface area contributed by atoms with Crippen molar-refractivity contribution in [1.29, 1.82) is 0 Å². The van der Waals surface area contributed by atoms with Crippen LogP contribution in [0.5, 0.6) is 11.5 Å². The number of aromatic amines is 1. The number of nitrogens with one attached hydrogen (secondary N) is 2. The second kappa shape index (κ2) is 5.34. The molecule has 6 heteroatoms. The summed E-state index contributed by atoms with van der Waals surface area (Å²) in [6.45, 7) is 1.79. The number of halogens is 1. The Morgan fingerprint density at radius 2 is 2.10 bits per heavy atom. The molecule has 2 N–H and O–H groups in total. The lowest BCUT2D eigenvalue weighted by molar-refractivity contribution is 0.355. The van der Waals surface area contributed by atoms with Crippen LogP contribution >= 0.6 is 11.6 Å². The van der Waals surface area contributed by atoms with E-state index in [-0.39, 0.29) is 0 Å². The number of H-pyrrole nitrogens is 1. The molecule has 0 bridgehead atoms. The summed E-state index contributed by atoms with van der Waals surface area (Å²) < 4.78 is 10.6. The van der Waals surface area contributed by atoms with E-state index in [1.54, 1.807) is 14.2 Å². The van der Waals surface area contributed by atoms with Gasteiger partial charge in [-0.15, -0.1) is 0 Å². The van der Waals surface area contributed by atoms with E-state index in [9.17, 15) is 0 Å². The summed E-state index contributed by atoms with van der Waals surface area (Å²) in [5.41, 5.74) is 4.22. The maximum atomic E-state index is 6.25. The van der Waals surface area contributed by atoms with E-state index < -0.39 is 0 Å². The minimum atomic E-state index is 0.516. The fraction of sp³-hybridized carbons (Fsp3) is 0.357. The van der Waals surface area contributed by atoms with Gasteiger partial charge in [-0.25, -0.2) is 0 Å². The van der Waals surface area contributed by atoms with Crippen molar-refractivity contribution in [1.82, 2.24) is 15.5 Å². The summed E-state index contributed by atoms with van der Waals surface area (Å²) in [6, 6.07) is 3.75. The first-order valence-electron chi connectivity index (χ1n) is 6.43. The van der Waals surface area contributed by atoms with Crippen molar-refractivity contribution >= 4 is 11.6 Å². The van der Waals surface area contributed by atoms with Crippen LogP contribution in [-0.2, 0) is 13.0 Å². The minimum absolute atomic E-state index is 0.516. The Morgan fingerprint density at radius 3 is 2.85 bits per heavy atom. The Balaban J connectivity index is 2.11. The standard InChI is InChI=1S/C14H16ClN3O2/c1-19-12-6-8(5-10(15)14(12)20-2)13-9-7-16-4-3-11(9)17-18-13/h5-6,16H,3-4,7H2,1-2H3,(H,17,18). The molecule has 0 amide bonds. The van der Waals surface area contributed by atoms with E-state index in [0.29, 0.717) is 16.5 Å². The molecular weight excluding hydrogens is 278 g/mol. The molecule has 20 heavy (non-hydrogen) atoms. The molecule has 5 nitrogen and oxygen atoms in total. The van der Waals surface area contributed by atoms with Gasteiger partial charge in [0.25, 0.3) is 0 Å².